The molecular weight excluding hydrogens is 439 g/mol. The molecule has 1 atom stereocenters. The number of nitrogens with one attached hydrogen (secondary N) is 1. The van der Waals surface area contributed by atoms with Crippen LogP contribution in [-0.2, 0) is 31.0 Å². The van der Waals surface area contributed by atoms with Crippen LogP contribution in [0.25, 0.3) is 10.8 Å². The van der Waals surface area contributed by atoms with E-state index in [9.17, 15) is 14.2 Å². The van der Waals surface area contributed by atoms with E-state index < -0.39 is 25.5 Å². The maximum absolute atomic E-state index is 12.8. The molecule has 174 valence electrons. The smallest absolute Gasteiger partial charge is 0.335 e. The van der Waals surface area contributed by atoms with Gasteiger partial charge in [-0.05, 0) is 47.9 Å². The lowest BCUT2D eigenvalue weighted by Gasteiger charge is -2.18. The molecule has 0 aliphatic rings. The molecule has 3 rings (SSSR count). The second-order valence-electron chi connectivity index (χ2n) is 7.57. The van der Waals surface area contributed by atoms with Gasteiger partial charge in [0.15, 0.2) is 0 Å². The van der Waals surface area contributed by atoms with E-state index in [4.69, 9.17) is 14.8 Å². The van der Waals surface area contributed by atoms with Crippen LogP contribution in [0.2, 0.25) is 0 Å². The number of hydrogen-bond donors (Lipinski definition) is 2. The van der Waals surface area contributed by atoms with Crippen LogP contribution in [-0.4, -0.2) is 31.1 Å². The quantitative estimate of drug-likeness (QED) is 0.405. The van der Waals surface area contributed by atoms with Crippen LogP contribution in [0.1, 0.15) is 35.3 Å². The van der Waals surface area contributed by atoms with Crippen molar-refractivity contribution in [3.8, 4) is 0 Å². The molecule has 0 saturated heterocycles. The molecule has 33 heavy (non-hydrogen) atoms. The monoisotopic (exact) mass is 468 g/mol. The van der Waals surface area contributed by atoms with E-state index in [1.54, 1.807) is 38.1 Å². The van der Waals surface area contributed by atoms with Crippen molar-refractivity contribution in [2.45, 2.75) is 32.5 Å². The SMILES string of the molecule is CCOP(=O)(Cc1ccc(C(=O)N[C@H](Cc2cccc3ccccc23)C(N)=O)cc1)OCC. The van der Waals surface area contributed by atoms with E-state index in [0.29, 0.717) is 5.56 Å². The number of nitrogens with two attached hydrogens (primary N) is 1. The standard InChI is InChI=1S/C25H29N2O5P/c1-3-31-33(30,32-4-2)17-18-12-14-20(15-13-18)25(29)27-23(24(26)28)16-21-10-7-9-19-8-5-6-11-22(19)21/h5-15,23H,3-4,16-17H2,1-2H3,(H2,26,28)(H,27,29)/t23-/m1/s1. The van der Waals surface area contributed by atoms with E-state index >= 15 is 0 Å². The zero-order valence-electron chi connectivity index (χ0n) is 18.8. The molecule has 0 unspecified atom stereocenters. The number of primary amides is 1. The van der Waals surface area contributed by atoms with Gasteiger partial charge in [0.1, 0.15) is 6.04 Å². The third-order valence-corrected chi connectivity index (χ3v) is 7.25. The highest BCUT2D eigenvalue weighted by Crippen LogP contribution is 2.51. The summed E-state index contributed by atoms with van der Waals surface area (Å²) in [7, 11) is -3.24. The fraction of sp³-hybridized carbons (Fsp3) is 0.280. The van der Waals surface area contributed by atoms with E-state index in [1.807, 2.05) is 42.5 Å². The first-order chi connectivity index (χ1) is 15.8. The second-order valence-corrected chi connectivity index (χ2v) is 9.63. The summed E-state index contributed by atoms with van der Waals surface area (Å²) in [6, 6.07) is 19.5. The fourth-order valence-electron chi connectivity index (χ4n) is 3.66. The fourth-order valence-corrected chi connectivity index (χ4v) is 5.36. The summed E-state index contributed by atoms with van der Waals surface area (Å²) in [6.07, 6.45) is 0.397. The van der Waals surface area contributed by atoms with Gasteiger partial charge >= 0.3 is 7.60 Å². The van der Waals surface area contributed by atoms with Crippen LogP contribution in [0.5, 0.6) is 0 Å². The molecule has 0 spiro atoms. The molecule has 0 radical (unpaired) electrons. The number of carbonyl (C=O) groups excluding carboxylic acids is 2. The van der Waals surface area contributed by atoms with Gasteiger partial charge in [-0.1, -0.05) is 54.6 Å². The first-order valence-electron chi connectivity index (χ1n) is 10.9. The van der Waals surface area contributed by atoms with Crippen LogP contribution >= 0.6 is 7.60 Å². The summed E-state index contributed by atoms with van der Waals surface area (Å²) >= 11 is 0. The van der Waals surface area contributed by atoms with E-state index in [1.165, 1.54) is 0 Å². The summed E-state index contributed by atoms with van der Waals surface area (Å²) in [5, 5.41) is 4.80. The summed E-state index contributed by atoms with van der Waals surface area (Å²) in [5.41, 5.74) is 7.61. The van der Waals surface area contributed by atoms with Crippen LogP contribution in [0.15, 0.2) is 66.7 Å². The molecular formula is C25H29N2O5P. The van der Waals surface area contributed by atoms with Gasteiger partial charge in [0.25, 0.3) is 5.91 Å². The van der Waals surface area contributed by atoms with E-state index in [-0.39, 0.29) is 25.8 Å². The first kappa shape index (κ1) is 24.6. The lowest BCUT2D eigenvalue weighted by molar-refractivity contribution is -0.119. The predicted octanol–water partition coefficient (Wildman–Crippen LogP) is 4.43. The average molecular weight is 468 g/mol. The summed E-state index contributed by atoms with van der Waals surface area (Å²) < 4.78 is 23.4. The number of benzene rings is 3. The molecule has 0 fully saturated rings. The zero-order valence-corrected chi connectivity index (χ0v) is 19.7. The van der Waals surface area contributed by atoms with Crippen molar-refractivity contribution in [2.24, 2.45) is 5.73 Å². The molecule has 3 N–H and O–H groups in total. The van der Waals surface area contributed by atoms with Crippen molar-refractivity contribution in [3.05, 3.63) is 83.4 Å². The molecule has 0 aromatic heterocycles. The van der Waals surface area contributed by atoms with Gasteiger partial charge in [0.05, 0.1) is 19.4 Å². The van der Waals surface area contributed by atoms with Crippen LogP contribution in [0.3, 0.4) is 0 Å². The molecule has 3 aromatic rings. The molecule has 8 heteroatoms. The lowest BCUT2D eigenvalue weighted by atomic mass is 9.98. The molecule has 2 amide bonds. The number of rotatable bonds is 11. The van der Waals surface area contributed by atoms with Gasteiger partial charge in [-0.2, -0.15) is 0 Å². The normalized spacial score (nSPS) is 12.4. The van der Waals surface area contributed by atoms with Crippen LogP contribution < -0.4 is 11.1 Å². The Balaban J connectivity index is 1.71. The topological polar surface area (TPSA) is 108 Å². The third kappa shape index (κ3) is 6.51. The minimum Gasteiger partial charge on any atom is -0.368 e. The second kappa shape index (κ2) is 11.2. The van der Waals surface area contributed by atoms with Gasteiger partial charge in [0.2, 0.25) is 5.91 Å². The highest BCUT2D eigenvalue weighted by molar-refractivity contribution is 7.53. The van der Waals surface area contributed by atoms with Crippen molar-refractivity contribution in [1.82, 2.24) is 5.32 Å². The van der Waals surface area contributed by atoms with Crippen molar-refractivity contribution in [2.75, 3.05) is 13.2 Å². The minimum atomic E-state index is -3.24. The summed E-state index contributed by atoms with van der Waals surface area (Å²) in [4.78, 5) is 24.9. The van der Waals surface area contributed by atoms with Gasteiger partial charge in [-0.25, -0.2) is 0 Å². The molecule has 0 heterocycles. The Morgan fingerprint density at radius 1 is 0.939 bits per heavy atom. The minimum absolute atomic E-state index is 0.113. The van der Waals surface area contributed by atoms with Gasteiger partial charge in [-0.15, -0.1) is 0 Å². The van der Waals surface area contributed by atoms with E-state index in [2.05, 4.69) is 5.32 Å². The Labute approximate surface area is 193 Å². The Bertz CT molecular complexity index is 1150. The molecule has 0 bridgehead atoms. The number of carbonyl (C=O) groups is 2. The zero-order chi connectivity index (χ0) is 23.8. The summed E-state index contributed by atoms with van der Waals surface area (Å²) in [5.74, 6) is -1.02. The van der Waals surface area contributed by atoms with Crippen LogP contribution in [0, 0.1) is 0 Å². The van der Waals surface area contributed by atoms with Gasteiger partial charge in [-0.3, -0.25) is 14.2 Å². The van der Waals surface area contributed by atoms with E-state index in [0.717, 1.165) is 21.9 Å². The summed E-state index contributed by atoms with van der Waals surface area (Å²) in [6.45, 7) is 4.07. The van der Waals surface area contributed by atoms with Gasteiger partial charge < -0.3 is 20.1 Å². The molecule has 3 aromatic carbocycles. The Hall–Kier alpha value is -2.99. The van der Waals surface area contributed by atoms with Crippen LogP contribution in [0.4, 0.5) is 0 Å². The third-order valence-electron chi connectivity index (χ3n) is 5.20. The molecule has 7 nitrogen and oxygen atoms in total. The largest absolute Gasteiger partial charge is 0.368 e. The Morgan fingerprint density at radius 2 is 1.58 bits per heavy atom. The lowest BCUT2D eigenvalue weighted by Crippen LogP contribution is -2.45. The first-order valence-corrected chi connectivity index (χ1v) is 12.6. The maximum atomic E-state index is 12.8. The maximum Gasteiger partial charge on any atom is 0.335 e. The van der Waals surface area contributed by atoms with Crippen molar-refractivity contribution >= 4 is 30.2 Å². The molecule has 0 aliphatic heterocycles. The van der Waals surface area contributed by atoms with Gasteiger partial charge in [0, 0.05) is 12.0 Å². The van der Waals surface area contributed by atoms with Crippen molar-refractivity contribution in [3.63, 3.8) is 0 Å². The Morgan fingerprint density at radius 3 is 2.21 bits per heavy atom. The number of hydrogen-bond acceptors (Lipinski definition) is 5. The predicted molar refractivity (Wildman–Crippen MR) is 129 cm³/mol. The number of fused-ring (bicyclic) bond motifs is 1. The number of amides is 2. The highest BCUT2D eigenvalue weighted by Gasteiger charge is 2.24. The average Bonchev–Trinajstić information content (AvgIpc) is 2.79. The Kier molecular flexibility index (Phi) is 8.39. The molecule has 0 saturated carbocycles. The highest BCUT2D eigenvalue weighted by atomic mass is 31.2. The van der Waals surface area contributed by atoms with Crippen molar-refractivity contribution < 1.29 is 23.2 Å². The van der Waals surface area contributed by atoms with Crippen molar-refractivity contribution in [1.29, 1.82) is 0 Å². The molecule has 0 aliphatic carbocycles.